The fraction of sp³-hybridized carbons (Fsp3) is 0.455. The van der Waals surface area contributed by atoms with Crippen molar-refractivity contribution in [2.45, 2.75) is 19.6 Å². The Kier molecular flexibility index (Phi) is 7.69. The highest BCUT2D eigenvalue weighted by Gasteiger charge is 2.17. The summed E-state index contributed by atoms with van der Waals surface area (Å²) in [5.41, 5.74) is 1.12. The first kappa shape index (κ1) is 20.9. The highest BCUT2D eigenvalue weighted by atomic mass is 16.5. The molecule has 1 aromatic heterocycles. The summed E-state index contributed by atoms with van der Waals surface area (Å²) in [4.78, 5) is 13.3. The number of morpholine rings is 1. The van der Waals surface area contributed by atoms with Gasteiger partial charge in [0.2, 0.25) is 0 Å². The van der Waals surface area contributed by atoms with Crippen LogP contribution < -0.4 is 15.0 Å². The number of aromatic nitrogens is 1. The van der Waals surface area contributed by atoms with E-state index in [1.807, 2.05) is 43.6 Å². The molecule has 1 unspecified atom stereocenters. The number of anilines is 1. The first-order valence-corrected chi connectivity index (χ1v) is 10.1. The fourth-order valence-corrected chi connectivity index (χ4v) is 3.22. The third-order valence-electron chi connectivity index (χ3n) is 4.84. The van der Waals surface area contributed by atoms with Crippen LogP contribution in [0.1, 0.15) is 12.5 Å². The largest absolute Gasteiger partial charge is 0.492 e. The molecule has 7 nitrogen and oxygen atoms in total. The Bertz CT molecular complexity index is 767. The second-order valence-corrected chi connectivity index (χ2v) is 7.14. The predicted molar refractivity (Wildman–Crippen MR) is 117 cm³/mol. The molecular formula is C22H31N5O2. The van der Waals surface area contributed by atoms with E-state index in [9.17, 15) is 0 Å². The highest BCUT2D eigenvalue weighted by Crippen LogP contribution is 2.15. The molecule has 1 aromatic carbocycles. The van der Waals surface area contributed by atoms with Gasteiger partial charge in [-0.2, -0.15) is 0 Å². The van der Waals surface area contributed by atoms with E-state index < -0.39 is 0 Å². The van der Waals surface area contributed by atoms with Crippen LogP contribution in [0.4, 0.5) is 5.82 Å². The van der Waals surface area contributed by atoms with E-state index >= 15 is 0 Å². The van der Waals surface area contributed by atoms with E-state index in [0.29, 0.717) is 13.2 Å². The van der Waals surface area contributed by atoms with Gasteiger partial charge >= 0.3 is 0 Å². The van der Waals surface area contributed by atoms with Crippen molar-refractivity contribution in [3.63, 3.8) is 0 Å². The van der Waals surface area contributed by atoms with Crippen molar-refractivity contribution in [3.8, 4) is 5.75 Å². The molecule has 1 saturated heterocycles. The van der Waals surface area contributed by atoms with Crippen LogP contribution in [-0.2, 0) is 11.3 Å². The Morgan fingerprint density at radius 3 is 2.83 bits per heavy atom. The molecule has 1 aliphatic rings. The standard InChI is InChI=1S/C22H31N5O2/c1-18-17-27(12-14-28-18)21-10-9-19(15-24-21)16-25-22(23-2)26(3)11-13-29-20-7-5-4-6-8-20/h4-10,15,18H,11-14,16-17H2,1-3H3,(H,23,25). The first-order chi connectivity index (χ1) is 14.2. The molecule has 0 radical (unpaired) electrons. The van der Waals surface area contributed by atoms with Gasteiger partial charge in [0.15, 0.2) is 5.96 Å². The minimum absolute atomic E-state index is 0.247. The van der Waals surface area contributed by atoms with Crippen LogP contribution in [0.5, 0.6) is 5.75 Å². The molecule has 1 N–H and O–H groups in total. The van der Waals surface area contributed by atoms with E-state index in [-0.39, 0.29) is 6.10 Å². The van der Waals surface area contributed by atoms with Crippen molar-refractivity contribution >= 4 is 11.8 Å². The lowest BCUT2D eigenvalue weighted by Gasteiger charge is -2.32. The topological polar surface area (TPSA) is 62.2 Å². The number of guanidine groups is 1. The number of nitrogens with one attached hydrogen (secondary N) is 1. The van der Waals surface area contributed by atoms with E-state index in [4.69, 9.17) is 9.47 Å². The number of aliphatic imine (C=N–C) groups is 1. The summed E-state index contributed by atoms with van der Waals surface area (Å²) in [5.74, 6) is 2.71. The maximum absolute atomic E-state index is 5.76. The summed E-state index contributed by atoms with van der Waals surface area (Å²) in [6.45, 7) is 6.62. The van der Waals surface area contributed by atoms with Crippen molar-refractivity contribution in [1.29, 1.82) is 0 Å². The van der Waals surface area contributed by atoms with Gasteiger partial charge in [0.05, 0.1) is 19.3 Å². The average molecular weight is 398 g/mol. The molecule has 156 valence electrons. The Morgan fingerprint density at radius 2 is 2.14 bits per heavy atom. The molecule has 2 aromatic rings. The monoisotopic (exact) mass is 397 g/mol. The van der Waals surface area contributed by atoms with Crippen LogP contribution in [0.25, 0.3) is 0 Å². The molecule has 0 aliphatic carbocycles. The van der Waals surface area contributed by atoms with Crippen molar-refractivity contribution in [2.24, 2.45) is 4.99 Å². The van der Waals surface area contributed by atoms with Gasteiger partial charge in [-0.3, -0.25) is 4.99 Å². The van der Waals surface area contributed by atoms with Crippen LogP contribution in [0.15, 0.2) is 53.7 Å². The summed E-state index contributed by atoms with van der Waals surface area (Å²) < 4.78 is 11.4. The van der Waals surface area contributed by atoms with Gasteiger partial charge < -0.3 is 24.6 Å². The normalized spacial score (nSPS) is 17.1. The predicted octanol–water partition coefficient (Wildman–Crippen LogP) is 2.39. The van der Waals surface area contributed by atoms with Gasteiger partial charge in [-0.05, 0) is 30.7 Å². The summed E-state index contributed by atoms with van der Waals surface area (Å²) in [7, 11) is 3.79. The maximum Gasteiger partial charge on any atom is 0.193 e. The minimum Gasteiger partial charge on any atom is -0.492 e. The smallest absolute Gasteiger partial charge is 0.193 e. The minimum atomic E-state index is 0.247. The Morgan fingerprint density at radius 1 is 1.31 bits per heavy atom. The summed E-state index contributed by atoms with van der Waals surface area (Å²) in [6, 6.07) is 14.0. The van der Waals surface area contributed by atoms with Crippen molar-refractivity contribution in [1.82, 2.24) is 15.2 Å². The number of para-hydroxylation sites is 1. The van der Waals surface area contributed by atoms with Gasteiger partial charge in [0.25, 0.3) is 0 Å². The number of likely N-dealkylation sites (N-methyl/N-ethyl adjacent to an activating group) is 1. The first-order valence-electron chi connectivity index (χ1n) is 10.1. The van der Waals surface area contributed by atoms with Crippen LogP contribution in [-0.4, -0.2) is 68.9 Å². The zero-order valence-electron chi connectivity index (χ0n) is 17.5. The SMILES string of the molecule is CN=C(NCc1ccc(N2CCOC(C)C2)nc1)N(C)CCOc1ccccc1. The maximum atomic E-state index is 5.76. The molecule has 29 heavy (non-hydrogen) atoms. The van der Waals surface area contributed by atoms with Crippen LogP contribution >= 0.6 is 0 Å². The second kappa shape index (κ2) is 10.7. The summed E-state index contributed by atoms with van der Waals surface area (Å²) in [5, 5.41) is 3.39. The molecule has 0 saturated carbocycles. The van der Waals surface area contributed by atoms with E-state index in [0.717, 1.165) is 49.3 Å². The molecule has 2 heterocycles. The summed E-state index contributed by atoms with van der Waals surface area (Å²) >= 11 is 0. The third kappa shape index (κ3) is 6.35. The van der Waals surface area contributed by atoms with Gasteiger partial charge in [-0.1, -0.05) is 24.3 Å². The molecule has 0 bridgehead atoms. The molecular weight excluding hydrogens is 366 g/mol. The van der Waals surface area contributed by atoms with E-state index in [1.165, 1.54) is 0 Å². The molecule has 3 rings (SSSR count). The lowest BCUT2D eigenvalue weighted by atomic mass is 10.2. The van der Waals surface area contributed by atoms with E-state index in [2.05, 4.69) is 44.1 Å². The van der Waals surface area contributed by atoms with Crippen LogP contribution in [0, 0.1) is 0 Å². The second-order valence-electron chi connectivity index (χ2n) is 7.14. The highest BCUT2D eigenvalue weighted by molar-refractivity contribution is 5.79. The molecule has 1 fully saturated rings. The van der Waals surface area contributed by atoms with Gasteiger partial charge in [-0.15, -0.1) is 0 Å². The third-order valence-corrected chi connectivity index (χ3v) is 4.84. The number of hydrogen-bond donors (Lipinski definition) is 1. The molecule has 7 heteroatoms. The van der Waals surface area contributed by atoms with Gasteiger partial charge in [0, 0.05) is 39.9 Å². The van der Waals surface area contributed by atoms with Crippen molar-refractivity contribution in [3.05, 3.63) is 54.2 Å². The van der Waals surface area contributed by atoms with Crippen LogP contribution in [0.2, 0.25) is 0 Å². The molecule has 0 amide bonds. The number of pyridine rings is 1. The lowest BCUT2D eigenvalue weighted by Crippen LogP contribution is -2.41. The fourth-order valence-electron chi connectivity index (χ4n) is 3.22. The average Bonchev–Trinajstić information content (AvgIpc) is 2.75. The zero-order chi connectivity index (χ0) is 20.5. The number of rotatable bonds is 7. The van der Waals surface area contributed by atoms with Crippen LogP contribution in [0.3, 0.4) is 0 Å². The molecule has 1 atom stereocenters. The Labute approximate surface area is 173 Å². The molecule has 1 aliphatic heterocycles. The van der Waals surface area contributed by atoms with Crippen molar-refractivity contribution in [2.75, 3.05) is 51.8 Å². The zero-order valence-corrected chi connectivity index (χ0v) is 17.5. The van der Waals surface area contributed by atoms with E-state index in [1.54, 1.807) is 7.05 Å². The number of hydrogen-bond acceptors (Lipinski definition) is 5. The molecule has 0 spiro atoms. The Balaban J connectivity index is 1.44. The lowest BCUT2D eigenvalue weighted by molar-refractivity contribution is 0.0529. The van der Waals surface area contributed by atoms with Crippen molar-refractivity contribution < 1.29 is 9.47 Å². The van der Waals surface area contributed by atoms with Gasteiger partial charge in [-0.25, -0.2) is 4.98 Å². The summed E-state index contributed by atoms with van der Waals surface area (Å²) in [6.07, 6.45) is 2.17. The Hall–Kier alpha value is -2.80. The number of ether oxygens (including phenoxy) is 2. The van der Waals surface area contributed by atoms with Gasteiger partial charge in [0.1, 0.15) is 18.2 Å². The quantitative estimate of drug-likeness (QED) is 0.572. The number of nitrogens with zero attached hydrogens (tertiary/aromatic N) is 4. The number of benzene rings is 1.